The van der Waals surface area contributed by atoms with Crippen LogP contribution in [0.1, 0.15) is 21.5 Å². The highest BCUT2D eigenvalue weighted by Gasteiger charge is 2.31. The van der Waals surface area contributed by atoms with E-state index in [1.165, 1.54) is 11.8 Å². The number of aryl methyl sites for hydroxylation is 1. The van der Waals surface area contributed by atoms with Gasteiger partial charge in [0.1, 0.15) is 11.5 Å². The first-order valence-electron chi connectivity index (χ1n) is 11.2. The van der Waals surface area contributed by atoms with E-state index >= 15 is 0 Å². The minimum atomic E-state index is -4.51. The zero-order chi connectivity index (χ0) is 26.6. The van der Waals surface area contributed by atoms with Crippen LogP contribution in [0.5, 0.6) is 11.5 Å². The Bertz CT molecular complexity index is 1320. The smallest absolute Gasteiger partial charge is 0.416 e. The van der Waals surface area contributed by atoms with Gasteiger partial charge in [-0.3, -0.25) is 4.79 Å². The molecule has 4 rings (SSSR count). The molecule has 0 aliphatic rings. The van der Waals surface area contributed by atoms with Gasteiger partial charge in [0.15, 0.2) is 5.16 Å². The summed E-state index contributed by atoms with van der Waals surface area (Å²) in [5.41, 5.74) is 8.14. The number of alkyl halides is 3. The number of rotatable bonds is 9. The van der Waals surface area contributed by atoms with Gasteiger partial charge in [-0.2, -0.15) is 13.2 Å². The Morgan fingerprint density at radius 3 is 2.08 bits per heavy atom. The summed E-state index contributed by atoms with van der Waals surface area (Å²) in [5, 5.41) is 0.587. The highest BCUT2D eigenvalue weighted by Crippen LogP contribution is 2.35. The molecule has 0 radical (unpaired) electrons. The fraction of sp³-hybridized carbons (Fsp3) is 0.185. The molecule has 0 unspecified atom stereocenters. The Labute approximate surface area is 216 Å². The number of halogens is 3. The molecule has 1 amide bonds. The SMILES string of the molecule is COc1ccc(-c2nc(SCCc3cc(C(F)(F)F)ccc3C(N)=O)[nH]c2-c2ccc(OC)cc2)cc1. The summed E-state index contributed by atoms with van der Waals surface area (Å²) in [6.07, 6.45) is -4.32. The summed E-state index contributed by atoms with van der Waals surface area (Å²) in [5.74, 6) is 1.04. The molecule has 1 aromatic heterocycles. The zero-order valence-corrected chi connectivity index (χ0v) is 20.9. The number of aromatic amines is 1. The van der Waals surface area contributed by atoms with Gasteiger partial charge in [-0.15, -0.1) is 0 Å². The molecule has 4 aromatic rings. The molecule has 0 aliphatic carbocycles. The molecule has 0 spiro atoms. The van der Waals surface area contributed by atoms with Crippen molar-refractivity contribution < 1.29 is 27.4 Å². The third kappa shape index (κ3) is 6.08. The lowest BCUT2D eigenvalue weighted by atomic mass is 10.0. The maximum atomic E-state index is 13.2. The van der Waals surface area contributed by atoms with Crippen molar-refractivity contribution in [1.29, 1.82) is 0 Å². The van der Waals surface area contributed by atoms with Gasteiger partial charge in [0.2, 0.25) is 5.91 Å². The highest BCUT2D eigenvalue weighted by molar-refractivity contribution is 7.99. The van der Waals surface area contributed by atoms with E-state index in [1.54, 1.807) is 14.2 Å². The van der Waals surface area contributed by atoms with Crippen molar-refractivity contribution in [1.82, 2.24) is 9.97 Å². The van der Waals surface area contributed by atoms with Gasteiger partial charge in [0.25, 0.3) is 0 Å². The molecule has 0 bridgehead atoms. The van der Waals surface area contributed by atoms with Crippen LogP contribution in [-0.2, 0) is 12.6 Å². The Hall–Kier alpha value is -3.92. The first kappa shape index (κ1) is 26.2. The lowest BCUT2D eigenvalue weighted by Gasteiger charge is -2.11. The third-order valence-corrected chi connectivity index (χ3v) is 6.61. The van der Waals surface area contributed by atoms with E-state index in [1.807, 2.05) is 48.5 Å². The molecule has 0 saturated carbocycles. The number of nitrogens with one attached hydrogen (secondary N) is 1. The van der Waals surface area contributed by atoms with E-state index in [4.69, 9.17) is 20.2 Å². The van der Waals surface area contributed by atoms with Crippen molar-refractivity contribution in [3.63, 3.8) is 0 Å². The molecule has 0 saturated heterocycles. The molecule has 1 heterocycles. The Morgan fingerprint density at radius 2 is 1.54 bits per heavy atom. The maximum Gasteiger partial charge on any atom is 0.416 e. The molecule has 3 N–H and O–H groups in total. The van der Waals surface area contributed by atoms with E-state index < -0.39 is 17.6 Å². The van der Waals surface area contributed by atoms with E-state index in [-0.39, 0.29) is 17.5 Å². The standard InChI is InChI=1S/C27H24F3N3O3S/c1-35-20-8-3-16(4-9-20)23-24(17-5-10-21(36-2)11-6-17)33-26(32-23)37-14-13-18-15-19(27(28,29)30)7-12-22(18)25(31)34/h3-12,15H,13-14H2,1-2H3,(H2,31,34)(H,32,33). The largest absolute Gasteiger partial charge is 0.497 e. The molecule has 3 aromatic carbocycles. The van der Waals surface area contributed by atoms with E-state index in [2.05, 4.69) is 4.98 Å². The number of nitrogens with two attached hydrogens (primary N) is 1. The first-order valence-corrected chi connectivity index (χ1v) is 12.2. The predicted octanol–water partition coefficient (Wildman–Crippen LogP) is 6.21. The van der Waals surface area contributed by atoms with Crippen molar-refractivity contribution in [2.75, 3.05) is 20.0 Å². The number of thioether (sulfide) groups is 1. The second-order valence-corrected chi connectivity index (χ2v) is 9.14. The van der Waals surface area contributed by atoms with Crippen LogP contribution in [0.3, 0.4) is 0 Å². The molecule has 0 atom stereocenters. The van der Waals surface area contributed by atoms with Crippen molar-refractivity contribution >= 4 is 17.7 Å². The van der Waals surface area contributed by atoms with Gasteiger partial charge in [-0.25, -0.2) is 4.98 Å². The normalized spacial score (nSPS) is 11.4. The monoisotopic (exact) mass is 527 g/mol. The van der Waals surface area contributed by atoms with Crippen molar-refractivity contribution in [2.45, 2.75) is 17.8 Å². The number of hydrogen-bond donors (Lipinski definition) is 2. The van der Waals surface area contributed by atoms with E-state index in [0.717, 1.165) is 40.8 Å². The number of aromatic nitrogens is 2. The number of primary amides is 1. The molecule has 0 aliphatic heterocycles. The number of H-pyrrole nitrogens is 1. The van der Waals surface area contributed by atoms with Gasteiger partial charge in [-0.1, -0.05) is 11.8 Å². The van der Waals surface area contributed by atoms with Crippen LogP contribution >= 0.6 is 11.8 Å². The lowest BCUT2D eigenvalue weighted by Crippen LogP contribution is -2.16. The Morgan fingerprint density at radius 1 is 0.946 bits per heavy atom. The van der Waals surface area contributed by atoms with Crippen molar-refractivity contribution in [3.05, 3.63) is 83.4 Å². The van der Waals surface area contributed by atoms with Crippen LogP contribution in [0.15, 0.2) is 71.9 Å². The summed E-state index contributed by atoms with van der Waals surface area (Å²) in [6.45, 7) is 0. The summed E-state index contributed by atoms with van der Waals surface area (Å²) in [6, 6.07) is 18.0. The van der Waals surface area contributed by atoms with Gasteiger partial charge < -0.3 is 20.2 Å². The van der Waals surface area contributed by atoms with Crippen LogP contribution in [0.25, 0.3) is 22.5 Å². The van der Waals surface area contributed by atoms with Crippen molar-refractivity contribution in [2.24, 2.45) is 5.73 Å². The zero-order valence-electron chi connectivity index (χ0n) is 20.1. The van der Waals surface area contributed by atoms with E-state index in [0.29, 0.717) is 22.4 Å². The average molecular weight is 528 g/mol. The number of imidazole rings is 1. The van der Waals surface area contributed by atoms with Gasteiger partial charge in [0, 0.05) is 22.4 Å². The second kappa shape index (κ2) is 11.0. The molecule has 192 valence electrons. The summed E-state index contributed by atoms with van der Waals surface area (Å²) < 4.78 is 50.1. The second-order valence-electron chi connectivity index (χ2n) is 8.05. The minimum Gasteiger partial charge on any atom is -0.497 e. The number of ether oxygens (including phenoxy) is 2. The fourth-order valence-corrected chi connectivity index (χ4v) is 4.66. The highest BCUT2D eigenvalue weighted by atomic mass is 32.2. The average Bonchev–Trinajstić information content (AvgIpc) is 3.32. The van der Waals surface area contributed by atoms with Crippen LogP contribution < -0.4 is 15.2 Å². The van der Waals surface area contributed by atoms with Crippen LogP contribution in [0.2, 0.25) is 0 Å². The quantitative estimate of drug-likeness (QED) is 0.253. The molecular formula is C27H24F3N3O3S. The van der Waals surface area contributed by atoms with Crippen molar-refractivity contribution in [3.8, 4) is 34.0 Å². The molecule has 6 nitrogen and oxygen atoms in total. The number of benzene rings is 3. The summed E-state index contributed by atoms with van der Waals surface area (Å²) in [4.78, 5) is 19.9. The lowest BCUT2D eigenvalue weighted by molar-refractivity contribution is -0.137. The van der Waals surface area contributed by atoms with Crippen LogP contribution in [-0.4, -0.2) is 35.8 Å². The predicted molar refractivity (Wildman–Crippen MR) is 137 cm³/mol. The number of carbonyl (C=O) groups is 1. The van der Waals surface area contributed by atoms with Gasteiger partial charge in [-0.05, 0) is 78.7 Å². The third-order valence-electron chi connectivity index (χ3n) is 5.73. The van der Waals surface area contributed by atoms with E-state index in [9.17, 15) is 18.0 Å². The molecule has 10 heteroatoms. The maximum absolute atomic E-state index is 13.2. The topological polar surface area (TPSA) is 90.2 Å². The van der Waals surface area contributed by atoms with Crippen LogP contribution in [0.4, 0.5) is 13.2 Å². The molecular weight excluding hydrogens is 503 g/mol. The summed E-state index contributed by atoms with van der Waals surface area (Å²) >= 11 is 1.34. The first-order chi connectivity index (χ1) is 17.7. The fourth-order valence-electron chi connectivity index (χ4n) is 3.82. The number of carbonyl (C=O) groups excluding carboxylic acids is 1. The van der Waals surface area contributed by atoms with Gasteiger partial charge in [0.05, 0.1) is 31.2 Å². The van der Waals surface area contributed by atoms with Crippen LogP contribution in [0, 0.1) is 0 Å². The minimum absolute atomic E-state index is 0.0749. The number of nitrogens with zero attached hydrogens (tertiary/aromatic N) is 1. The Balaban J connectivity index is 1.61. The molecule has 37 heavy (non-hydrogen) atoms. The number of amides is 1. The number of methoxy groups -OCH3 is 2. The van der Waals surface area contributed by atoms with Gasteiger partial charge >= 0.3 is 6.18 Å². The summed E-state index contributed by atoms with van der Waals surface area (Å²) in [7, 11) is 3.19. The Kier molecular flexibility index (Phi) is 7.77. The molecule has 0 fully saturated rings. The number of hydrogen-bond acceptors (Lipinski definition) is 5.